The maximum atomic E-state index is 5.70. The summed E-state index contributed by atoms with van der Waals surface area (Å²) in [7, 11) is 3.60. The van der Waals surface area contributed by atoms with E-state index >= 15 is 0 Å². The molecule has 0 amide bonds. The van der Waals surface area contributed by atoms with E-state index in [1.165, 1.54) is 5.56 Å². The van der Waals surface area contributed by atoms with E-state index in [4.69, 9.17) is 14.2 Å². The van der Waals surface area contributed by atoms with Crippen LogP contribution in [-0.4, -0.2) is 27.0 Å². The van der Waals surface area contributed by atoms with Gasteiger partial charge >= 0.3 is 0 Å². The summed E-state index contributed by atoms with van der Waals surface area (Å²) in [5.41, 5.74) is 4.06. The predicted octanol–water partition coefficient (Wildman–Crippen LogP) is 4.23. The number of ether oxygens (including phenoxy) is 1. The molecule has 6 heteroatoms. The summed E-state index contributed by atoms with van der Waals surface area (Å²) in [5, 5.41) is 8.51. The highest BCUT2D eigenvalue weighted by atomic mass is 16.5. The van der Waals surface area contributed by atoms with Crippen LogP contribution in [0.3, 0.4) is 0 Å². The molecule has 6 nitrogen and oxygen atoms in total. The van der Waals surface area contributed by atoms with Crippen LogP contribution in [0.4, 0.5) is 0 Å². The molecular weight excluding hydrogens is 352 g/mol. The molecule has 1 aliphatic carbocycles. The van der Waals surface area contributed by atoms with E-state index in [1.54, 1.807) is 13.3 Å². The molecule has 1 saturated carbocycles. The summed E-state index contributed by atoms with van der Waals surface area (Å²) >= 11 is 0. The van der Waals surface area contributed by atoms with Crippen molar-refractivity contribution in [1.29, 1.82) is 0 Å². The monoisotopic (exact) mass is 372 g/mol. The molecular formula is C22H20N4O2. The smallest absolute Gasteiger partial charge is 0.237 e. The Labute approximate surface area is 162 Å². The van der Waals surface area contributed by atoms with Gasteiger partial charge in [0, 0.05) is 24.4 Å². The first-order valence-corrected chi connectivity index (χ1v) is 9.27. The van der Waals surface area contributed by atoms with Crippen molar-refractivity contribution in [1.82, 2.24) is 19.9 Å². The van der Waals surface area contributed by atoms with Gasteiger partial charge in [0.1, 0.15) is 5.75 Å². The molecule has 2 heterocycles. The molecule has 2 aromatic carbocycles. The van der Waals surface area contributed by atoms with Crippen molar-refractivity contribution in [3.8, 4) is 28.4 Å². The van der Waals surface area contributed by atoms with Crippen LogP contribution in [0.25, 0.3) is 22.6 Å². The summed E-state index contributed by atoms with van der Waals surface area (Å²) in [6, 6.07) is 18.2. The maximum absolute atomic E-state index is 5.70. The molecule has 0 unspecified atom stereocenters. The van der Waals surface area contributed by atoms with E-state index in [2.05, 4.69) is 34.5 Å². The third-order valence-corrected chi connectivity index (χ3v) is 5.47. The van der Waals surface area contributed by atoms with Gasteiger partial charge < -0.3 is 9.26 Å². The van der Waals surface area contributed by atoms with E-state index in [-0.39, 0.29) is 5.41 Å². The third kappa shape index (κ3) is 2.69. The molecule has 0 aliphatic heterocycles. The first kappa shape index (κ1) is 16.7. The van der Waals surface area contributed by atoms with Crippen molar-refractivity contribution in [3.63, 3.8) is 0 Å². The Morgan fingerprint density at radius 3 is 2.50 bits per heavy atom. The number of methoxy groups -OCH3 is 1. The van der Waals surface area contributed by atoms with Gasteiger partial charge in [0.05, 0.1) is 18.2 Å². The van der Waals surface area contributed by atoms with Crippen molar-refractivity contribution in [2.24, 2.45) is 7.05 Å². The minimum atomic E-state index is -0.169. The van der Waals surface area contributed by atoms with E-state index in [9.17, 15) is 0 Å². The van der Waals surface area contributed by atoms with E-state index in [1.807, 2.05) is 42.1 Å². The quantitative estimate of drug-likeness (QED) is 0.525. The van der Waals surface area contributed by atoms with Gasteiger partial charge in [0.2, 0.25) is 11.7 Å². The molecule has 0 bridgehead atoms. The fourth-order valence-corrected chi connectivity index (χ4v) is 3.67. The van der Waals surface area contributed by atoms with Crippen LogP contribution in [-0.2, 0) is 12.5 Å². The third-order valence-electron chi connectivity index (χ3n) is 5.47. The van der Waals surface area contributed by atoms with Crippen molar-refractivity contribution in [3.05, 3.63) is 72.2 Å². The van der Waals surface area contributed by atoms with Gasteiger partial charge in [-0.15, -0.1) is 0 Å². The Bertz CT molecular complexity index is 1120. The van der Waals surface area contributed by atoms with Gasteiger partial charge in [0.25, 0.3) is 0 Å². The number of rotatable bonds is 5. The van der Waals surface area contributed by atoms with Crippen LogP contribution in [0.5, 0.6) is 5.75 Å². The molecule has 2 aromatic heterocycles. The molecule has 0 atom stereocenters. The topological polar surface area (TPSA) is 66.0 Å². The molecule has 28 heavy (non-hydrogen) atoms. The number of benzene rings is 2. The minimum absolute atomic E-state index is 0.169. The number of aryl methyl sites for hydroxylation is 1. The Balaban J connectivity index is 1.47. The molecule has 0 radical (unpaired) electrons. The largest absolute Gasteiger partial charge is 0.497 e. The van der Waals surface area contributed by atoms with Crippen LogP contribution in [0, 0.1) is 0 Å². The van der Waals surface area contributed by atoms with Gasteiger partial charge in [-0.3, -0.25) is 4.68 Å². The fourth-order valence-electron chi connectivity index (χ4n) is 3.67. The first-order valence-electron chi connectivity index (χ1n) is 9.27. The summed E-state index contributed by atoms with van der Waals surface area (Å²) in [5.74, 6) is 2.13. The normalized spacial score (nSPS) is 14.8. The zero-order valence-electron chi connectivity index (χ0n) is 15.8. The molecule has 0 saturated heterocycles. The lowest BCUT2D eigenvalue weighted by atomic mass is 9.96. The number of nitrogens with zero attached hydrogens (tertiary/aromatic N) is 4. The second-order valence-electron chi connectivity index (χ2n) is 7.15. The van der Waals surface area contributed by atoms with Crippen LogP contribution >= 0.6 is 0 Å². The molecule has 140 valence electrons. The number of hydrogen-bond acceptors (Lipinski definition) is 5. The van der Waals surface area contributed by atoms with Gasteiger partial charge in [0.15, 0.2) is 0 Å². The van der Waals surface area contributed by atoms with Gasteiger partial charge in [-0.05, 0) is 42.7 Å². The van der Waals surface area contributed by atoms with E-state index in [0.717, 1.165) is 35.4 Å². The Morgan fingerprint density at radius 2 is 1.82 bits per heavy atom. The van der Waals surface area contributed by atoms with Crippen LogP contribution in [0.1, 0.15) is 24.3 Å². The minimum Gasteiger partial charge on any atom is -0.497 e. The lowest BCUT2D eigenvalue weighted by Crippen LogP contribution is -2.09. The standard InChI is InChI=1S/C22H20N4O2/c1-26-19(10-13-23-26)15-4-3-5-16(14-15)20-24-21(28-25-20)22(11-12-22)17-6-8-18(27-2)9-7-17/h3-10,13-14H,11-12H2,1-2H3. The molecule has 1 fully saturated rings. The Kier molecular flexibility index (Phi) is 3.79. The predicted molar refractivity (Wildman–Crippen MR) is 105 cm³/mol. The van der Waals surface area contributed by atoms with Crippen molar-refractivity contribution < 1.29 is 9.26 Å². The average Bonchev–Trinajstić information content (AvgIpc) is 3.18. The van der Waals surface area contributed by atoms with Gasteiger partial charge in [-0.2, -0.15) is 10.1 Å². The van der Waals surface area contributed by atoms with Crippen molar-refractivity contribution in [2.45, 2.75) is 18.3 Å². The molecule has 0 N–H and O–H groups in total. The average molecular weight is 372 g/mol. The van der Waals surface area contributed by atoms with Crippen LogP contribution in [0.15, 0.2) is 65.3 Å². The highest BCUT2D eigenvalue weighted by molar-refractivity contribution is 5.67. The molecule has 1 aliphatic rings. The summed E-state index contributed by atoms with van der Waals surface area (Å²) in [4.78, 5) is 4.75. The van der Waals surface area contributed by atoms with E-state index < -0.39 is 0 Å². The zero-order chi connectivity index (χ0) is 19.1. The highest BCUT2D eigenvalue weighted by Crippen LogP contribution is 2.53. The maximum Gasteiger partial charge on any atom is 0.237 e. The molecule has 5 rings (SSSR count). The van der Waals surface area contributed by atoms with E-state index in [0.29, 0.717) is 11.7 Å². The van der Waals surface area contributed by atoms with Gasteiger partial charge in [-0.1, -0.05) is 35.5 Å². The lowest BCUT2D eigenvalue weighted by molar-refractivity contribution is 0.360. The SMILES string of the molecule is COc1ccc(C2(c3nc(-c4cccc(-c5ccnn5C)c4)no3)CC2)cc1. The fraction of sp³-hybridized carbons (Fsp3) is 0.227. The first-order chi connectivity index (χ1) is 13.7. The summed E-state index contributed by atoms with van der Waals surface area (Å²) in [6.45, 7) is 0. The van der Waals surface area contributed by atoms with Crippen molar-refractivity contribution >= 4 is 0 Å². The number of aromatic nitrogens is 4. The van der Waals surface area contributed by atoms with Crippen LogP contribution < -0.4 is 4.74 Å². The molecule has 4 aromatic rings. The zero-order valence-corrected chi connectivity index (χ0v) is 15.8. The second-order valence-corrected chi connectivity index (χ2v) is 7.15. The summed E-state index contributed by atoms with van der Waals surface area (Å²) < 4.78 is 12.8. The molecule has 0 spiro atoms. The summed E-state index contributed by atoms with van der Waals surface area (Å²) in [6.07, 6.45) is 3.81. The Morgan fingerprint density at radius 1 is 1.04 bits per heavy atom. The Hall–Kier alpha value is -3.41. The number of hydrogen-bond donors (Lipinski definition) is 0. The van der Waals surface area contributed by atoms with Crippen molar-refractivity contribution in [2.75, 3.05) is 7.11 Å². The van der Waals surface area contributed by atoms with Gasteiger partial charge in [-0.25, -0.2) is 0 Å². The lowest BCUT2D eigenvalue weighted by Gasteiger charge is -2.11. The second kappa shape index (κ2) is 6.34. The van der Waals surface area contributed by atoms with Crippen LogP contribution in [0.2, 0.25) is 0 Å². The highest BCUT2D eigenvalue weighted by Gasteiger charge is 2.51.